The number of Topliss-reactive ketones (excluding diaryl/α,β-unsaturated/α-hetero) is 1. The summed E-state index contributed by atoms with van der Waals surface area (Å²) < 4.78 is 4.92. The number of rotatable bonds is 5. The molecule has 0 unspecified atom stereocenters. The van der Waals surface area contributed by atoms with E-state index in [-0.39, 0.29) is 19.0 Å². The zero-order chi connectivity index (χ0) is 13.7. The first-order chi connectivity index (χ1) is 9.20. The summed E-state index contributed by atoms with van der Waals surface area (Å²) in [6.07, 6.45) is 1.63. The Bertz CT molecular complexity index is 558. The molecule has 1 heterocycles. The molecule has 2 rings (SSSR count). The van der Waals surface area contributed by atoms with Gasteiger partial charge in [0.05, 0.1) is 17.9 Å². The van der Waals surface area contributed by atoms with Gasteiger partial charge in [-0.3, -0.25) is 4.79 Å². The van der Waals surface area contributed by atoms with E-state index in [1.165, 1.54) is 0 Å². The summed E-state index contributed by atoms with van der Waals surface area (Å²) in [6, 6.07) is 9.67. The molecule has 5 nitrogen and oxygen atoms in total. The van der Waals surface area contributed by atoms with Crippen molar-refractivity contribution >= 4 is 11.8 Å². The molecule has 0 atom stereocenters. The fourth-order valence-corrected chi connectivity index (χ4v) is 1.54. The molecule has 0 saturated heterocycles. The van der Waals surface area contributed by atoms with Gasteiger partial charge in [-0.2, -0.15) is 0 Å². The molecule has 0 aliphatic rings. The highest BCUT2D eigenvalue weighted by molar-refractivity contribution is 5.98. The van der Waals surface area contributed by atoms with Crippen LogP contribution in [0.4, 0.5) is 0 Å². The average Bonchev–Trinajstić information content (AvgIpc) is 2.98. The zero-order valence-electron chi connectivity index (χ0n) is 10.1. The lowest BCUT2D eigenvalue weighted by atomic mass is 10.1. The Morgan fingerprint density at radius 2 is 1.89 bits per heavy atom. The molecule has 2 aromatic rings. The van der Waals surface area contributed by atoms with Gasteiger partial charge in [0, 0.05) is 6.20 Å². The fourth-order valence-electron chi connectivity index (χ4n) is 1.54. The number of carbonyl (C=O) groups is 2. The van der Waals surface area contributed by atoms with E-state index in [1.54, 1.807) is 42.6 Å². The summed E-state index contributed by atoms with van der Waals surface area (Å²) in [5, 5.41) is 8.88. The highest BCUT2D eigenvalue weighted by Crippen LogP contribution is 2.06. The van der Waals surface area contributed by atoms with E-state index in [0.29, 0.717) is 16.8 Å². The second-order valence-electron chi connectivity index (χ2n) is 3.94. The van der Waals surface area contributed by atoms with Gasteiger partial charge in [0.1, 0.15) is 0 Å². The van der Waals surface area contributed by atoms with Gasteiger partial charge in [-0.25, -0.2) is 4.79 Å². The van der Waals surface area contributed by atoms with Crippen molar-refractivity contribution in [3.8, 4) is 0 Å². The predicted molar refractivity (Wildman–Crippen MR) is 67.8 cm³/mol. The van der Waals surface area contributed by atoms with E-state index in [2.05, 4.69) is 4.98 Å². The number of carbonyl (C=O) groups excluding carboxylic acids is 2. The maximum absolute atomic E-state index is 11.7. The van der Waals surface area contributed by atoms with Crippen LogP contribution in [-0.4, -0.2) is 28.4 Å². The molecule has 0 saturated carbocycles. The minimum Gasteiger partial charge on any atom is -0.454 e. The molecular formula is C14H13NO4. The number of benzene rings is 1. The van der Waals surface area contributed by atoms with Crippen LogP contribution in [-0.2, 0) is 11.3 Å². The van der Waals surface area contributed by atoms with Gasteiger partial charge in [0.2, 0.25) is 5.78 Å². The van der Waals surface area contributed by atoms with Crippen LogP contribution in [0.25, 0.3) is 0 Å². The van der Waals surface area contributed by atoms with E-state index < -0.39 is 5.97 Å². The van der Waals surface area contributed by atoms with Crippen molar-refractivity contribution in [2.24, 2.45) is 0 Å². The largest absolute Gasteiger partial charge is 0.454 e. The molecule has 0 amide bonds. The third-order valence-corrected chi connectivity index (χ3v) is 2.60. The van der Waals surface area contributed by atoms with Gasteiger partial charge >= 0.3 is 5.97 Å². The first-order valence-electron chi connectivity index (χ1n) is 5.74. The highest BCUT2D eigenvalue weighted by Gasteiger charge is 2.12. The monoisotopic (exact) mass is 259 g/mol. The summed E-state index contributed by atoms with van der Waals surface area (Å²) in [5.74, 6) is -0.852. The number of aromatic nitrogens is 1. The van der Waals surface area contributed by atoms with Crippen LogP contribution in [0, 0.1) is 0 Å². The third kappa shape index (κ3) is 3.29. The molecule has 0 radical (unpaired) electrons. The van der Waals surface area contributed by atoms with Crippen LogP contribution in [0.3, 0.4) is 0 Å². The number of aliphatic hydroxyl groups excluding tert-OH is 1. The summed E-state index contributed by atoms with van der Waals surface area (Å²) in [4.78, 5) is 26.0. The average molecular weight is 259 g/mol. The Balaban J connectivity index is 1.92. The number of ketones is 1. The van der Waals surface area contributed by atoms with Crippen molar-refractivity contribution in [1.29, 1.82) is 0 Å². The molecule has 0 aliphatic heterocycles. The Morgan fingerprint density at radius 1 is 1.16 bits per heavy atom. The second-order valence-corrected chi connectivity index (χ2v) is 3.94. The molecule has 19 heavy (non-hydrogen) atoms. The number of nitrogens with one attached hydrogen (secondary N) is 1. The fraction of sp³-hybridized carbons (Fsp3) is 0.143. The topological polar surface area (TPSA) is 79.4 Å². The van der Waals surface area contributed by atoms with Crippen LogP contribution in [0.2, 0.25) is 0 Å². The quantitative estimate of drug-likeness (QED) is 0.630. The normalized spacial score (nSPS) is 10.2. The number of hydrogen-bond donors (Lipinski definition) is 2. The minimum atomic E-state index is -0.565. The van der Waals surface area contributed by atoms with Gasteiger partial charge in [-0.15, -0.1) is 0 Å². The first kappa shape index (κ1) is 13.0. The van der Waals surface area contributed by atoms with Crippen molar-refractivity contribution in [1.82, 2.24) is 4.98 Å². The number of hydrogen-bond acceptors (Lipinski definition) is 4. The summed E-state index contributed by atoms with van der Waals surface area (Å²) in [5.41, 5.74) is 1.46. The zero-order valence-corrected chi connectivity index (χ0v) is 10.1. The number of ether oxygens (including phenoxy) is 1. The summed E-state index contributed by atoms with van der Waals surface area (Å²) in [7, 11) is 0. The first-order valence-corrected chi connectivity index (χ1v) is 5.74. The van der Waals surface area contributed by atoms with Crippen LogP contribution in [0.1, 0.15) is 26.4 Å². The molecule has 5 heteroatoms. The Hall–Kier alpha value is -2.40. The number of esters is 1. The van der Waals surface area contributed by atoms with Crippen molar-refractivity contribution in [3.05, 3.63) is 59.4 Å². The Kier molecular flexibility index (Phi) is 4.10. The van der Waals surface area contributed by atoms with Crippen LogP contribution in [0.5, 0.6) is 0 Å². The van der Waals surface area contributed by atoms with Gasteiger partial charge in [0.25, 0.3) is 0 Å². The maximum atomic E-state index is 11.7. The molecule has 0 bridgehead atoms. The smallest absolute Gasteiger partial charge is 0.338 e. The van der Waals surface area contributed by atoms with Gasteiger partial charge in [0.15, 0.2) is 6.61 Å². The van der Waals surface area contributed by atoms with Crippen molar-refractivity contribution in [2.45, 2.75) is 6.61 Å². The molecular weight excluding hydrogens is 246 g/mol. The lowest BCUT2D eigenvalue weighted by Gasteiger charge is -2.04. The molecule has 1 aromatic carbocycles. The van der Waals surface area contributed by atoms with Crippen LogP contribution < -0.4 is 0 Å². The van der Waals surface area contributed by atoms with Gasteiger partial charge < -0.3 is 14.8 Å². The van der Waals surface area contributed by atoms with E-state index in [1.807, 2.05) is 0 Å². The molecule has 2 N–H and O–H groups in total. The summed E-state index contributed by atoms with van der Waals surface area (Å²) >= 11 is 0. The van der Waals surface area contributed by atoms with Crippen molar-refractivity contribution < 1.29 is 19.4 Å². The number of H-pyrrole nitrogens is 1. The maximum Gasteiger partial charge on any atom is 0.338 e. The van der Waals surface area contributed by atoms with E-state index >= 15 is 0 Å². The lowest BCUT2D eigenvalue weighted by Crippen LogP contribution is -2.14. The van der Waals surface area contributed by atoms with Gasteiger partial charge in [-0.05, 0) is 29.8 Å². The van der Waals surface area contributed by atoms with Crippen LogP contribution in [0.15, 0.2) is 42.6 Å². The van der Waals surface area contributed by atoms with Crippen LogP contribution >= 0.6 is 0 Å². The predicted octanol–water partition coefficient (Wildman–Crippen LogP) is 1.55. The number of aromatic amines is 1. The van der Waals surface area contributed by atoms with E-state index in [9.17, 15) is 9.59 Å². The molecule has 0 aliphatic carbocycles. The van der Waals surface area contributed by atoms with Crippen molar-refractivity contribution in [2.75, 3.05) is 6.61 Å². The Labute approximate surface area is 109 Å². The lowest BCUT2D eigenvalue weighted by molar-refractivity contribution is 0.0473. The van der Waals surface area contributed by atoms with E-state index in [4.69, 9.17) is 9.84 Å². The molecule has 1 aromatic heterocycles. The molecule has 98 valence electrons. The van der Waals surface area contributed by atoms with Gasteiger partial charge in [-0.1, -0.05) is 12.1 Å². The van der Waals surface area contributed by atoms with E-state index in [0.717, 1.165) is 0 Å². The molecule has 0 fully saturated rings. The molecule has 0 spiro atoms. The minimum absolute atomic E-state index is 0.0827. The highest BCUT2D eigenvalue weighted by atomic mass is 16.5. The van der Waals surface area contributed by atoms with Crippen molar-refractivity contribution in [3.63, 3.8) is 0 Å². The Morgan fingerprint density at radius 3 is 2.47 bits per heavy atom. The SMILES string of the molecule is O=C(OCC(=O)c1ccc[nH]1)c1ccc(CO)cc1. The third-order valence-electron chi connectivity index (χ3n) is 2.60. The second kappa shape index (κ2) is 5.97. The standard InChI is InChI=1S/C14H13NO4/c16-8-10-3-5-11(6-4-10)14(18)19-9-13(17)12-2-1-7-15-12/h1-7,15-16H,8-9H2. The summed E-state index contributed by atoms with van der Waals surface area (Å²) in [6.45, 7) is -0.387. The number of aliphatic hydroxyl groups is 1.